The molecule has 0 spiro atoms. The van der Waals surface area contributed by atoms with Crippen molar-refractivity contribution in [2.24, 2.45) is 0 Å². The van der Waals surface area contributed by atoms with Gasteiger partial charge in [-0.1, -0.05) is 5.16 Å². The molecule has 6 heteroatoms. The van der Waals surface area contributed by atoms with Gasteiger partial charge in [-0.2, -0.15) is 0 Å². The van der Waals surface area contributed by atoms with E-state index in [1.165, 1.54) is 7.11 Å². The van der Waals surface area contributed by atoms with E-state index in [2.05, 4.69) is 10.5 Å². The Morgan fingerprint density at radius 1 is 1.43 bits per heavy atom. The van der Waals surface area contributed by atoms with Gasteiger partial charge in [0, 0.05) is 11.3 Å². The minimum Gasteiger partial charge on any atom is -0.496 e. The number of hydrogen-bond donors (Lipinski definition) is 2. The fraction of sp³-hybridized carbons (Fsp3) is 0.333. The van der Waals surface area contributed by atoms with Crippen molar-refractivity contribution >= 4 is 11.6 Å². The summed E-state index contributed by atoms with van der Waals surface area (Å²) in [6, 6.07) is 4.72. The van der Waals surface area contributed by atoms with Gasteiger partial charge < -0.3 is 20.3 Å². The van der Waals surface area contributed by atoms with E-state index in [-0.39, 0.29) is 11.9 Å². The summed E-state index contributed by atoms with van der Waals surface area (Å²) in [7, 11) is 1.51. The zero-order chi connectivity index (χ0) is 15.6. The maximum absolute atomic E-state index is 12.4. The molecule has 0 fully saturated rings. The van der Waals surface area contributed by atoms with Crippen molar-refractivity contribution in [1.82, 2.24) is 10.5 Å². The molecule has 1 unspecified atom stereocenters. The fourth-order valence-electron chi connectivity index (χ4n) is 2.36. The lowest BCUT2D eigenvalue weighted by Gasteiger charge is -2.15. The Labute approximate surface area is 123 Å². The molecule has 1 aromatic carbocycles. The van der Waals surface area contributed by atoms with Crippen LogP contribution in [0.25, 0.3) is 0 Å². The van der Waals surface area contributed by atoms with Crippen LogP contribution in [0.4, 0.5) is 5.69 Å². The first kappa shape index (κ1) is 14.9. The lowest BCUT2D eigenvalue weighted by Crippen LogP contribution is -2.27. The SMILES string of the molecule is COc1ccc(N)cc1C(=O)NC(C)c1c(C)noc1C. The van der Waals surface area contributed by atoms with Crippen LogP contribution in [0.5, 0.6) is 5.75 Å². The zero-order valence-corrected chi connectivity index (χ0v) is 12.6. The molecular formula is C15H19N3O3. The van der Waals surface area contributed by atoms with Gasteiger partial charge in [0.2, 0.25) is 0 Å². The number of nitrogen functional groups attached to an aromatic ring is 1. The number of methoxy groups -OCH3 is 1. The number of nitrogens with zero attached hydrogens (tertiary/aromatic N) is 1. The number of aromatic nitrogens is 1. The van der Waals surface area contributed by atoms with Crippen molar-refractivity contribution in [3.8, 4) is 5.75 Å². The third-order valence-corrected chi connectivity index (χ3v) is 3.34. The lowest BCUT2D eigenvalue weighted by atomic mass is 10.1. The highest BCUT2D eigenvalue weighted by Gasteiger charge is 2.20. The molecule has 1 heterocycles. The summed E-state index contributed by atoms with van der Waals surface area (Å²) in [6.07, 6.45) is 0. The Kier molecular flexibility index (Phi) is 4.16. The largest absolute Gasteiger partial charge is 0.496 e. The van der Waals surface area contributed by atoms with Gasteiger partial charge in [-0.05, 0) is 39.0 Å². The number of amides is 1. The van der Waals surface area contributed by atoms with Crippen LogP contribution in [0.15, 0.2) is 22.7 Å². The summed E-state index contributed by atoms with van der Waals surface area (Å²) in [5.41, 5.74) is 8.28. The molecule has 0 saturated carbocycles. The van der Waals surface area contributed by atoms with Crippen LogP contribution in [0.3, 0.4) is 0 Å². The minimum atomic E-state index is -0.258. The maximum Gasteiger partial charge on any atom is 0.255 e. The Balaban J connectivity index is 2.24. The summed E-state index contributed by atoms with van der Waals surface area (Å²) >= 11 is 0. The Morgan fingerprint density at radius 2 is 2.14 bits per heavy atom. The van der Waals surface area contributed by atoms with E-state index in [0.29, 0.717) is 22.8 Å². The monoisotopic (exact) mass is 289 g/mol. The molecule has 1 amide bonds. The molecule has 3 N–H and O–H groups in total. The molecule has 1 aromatic heterocycles. The highest BCUT2D eigenvalue weighted by atomic mass is 16.5. The highest BCUT2D eigenvalue weighted by Crippen LogP contribution is 2.24. The molecule has 2 rings (SSSR count). The van der Waals surface area contributed by atoms with E-state index in [4.69, 9.17) is 15.0 Å². The smallest absolute Gasteiger partial charge is 0.255 e. The van der Waals surface area contributed by atoms with Gasteiger partial charge in [0.05, 0.1) is 24.4 Å². The van der Waals surface area contributed by atoms with Crippen molar-refractivity contribution < 1.29 is 14.1 Å². The number of anilines is 1. The van der Waals surface area contributed by atoms with Crippen molar-refractivity contribution in [3.63, 3.8) is 0 Å². The molecule has 2 aromatic rings. The van der Waals surface area contributed by atoms with Gasteiger partial charge in [0.15, 0.2) is 0 Å². The summed E-state index contributed by atoms with van der Waals surface area (Å²) < 4.78 is 10.3. The molecule has 112 valence electrons. The fourth-order valence-corrected chi connectivity index (χ4v) is 2.36. The Hall–Kier alpha value is -2.50. The number of aryl methyl sites for hydroxylation is 2. The van der Waals surface area contributed by atoms with Crippen LogP contribution in [0.1, 0.15) is 40.3 Å². The van der Waals surface area contributed by atoms with Gasteiger partial charge in [-0.25, -0.2) is 0 Å². The lowest BCUT2D eigenvalue weighted by molar-refractivity contribution is 0.0936. The second-order valence-corrected chi connectivity index (χ2v) is 4.89. The quantitative estimate of drug-likeness (QED) is 0.843. The molecule has 0 aliphatic heterocycles. The minimum absolute atomic E-state index is 0.227. The standard InChI is InChI=1S/C15H19N3O3/c1-8(14-9(2)18-21-10(14)3)17-15(19)12-7-11(16)5-6-13(12)20-4/h5-8H,16H2,1-4H3,(H,17,19). The van der Waals surface area contributed by atoms with Gasteiger partial charge in [0.1, 0.15) is 11.5 Å². The molecular weight excluding hydrogens is 270 g/mol. The third kappa shape index (κ3) is 2.99. The van der Waals surface area contributed by atoms with Crippen molar-refractivity contribution in [2.75, 3.05) is 12.8 Å². The topological polar surface area (TPSA) is 90.4 Å². The van der Waals surface area contributed by atoms with Crippen LogP contribution >= 0.6 is 0 Å². The van der Waals surface area contributed by atoms with Crippen molar-refractivity contribution in [1.29, 1.82) is 0 Å². The molecule has 0 radical (unpaired) electrons. The number of ether oxygens (including phenoxy) is 1. The van der Waals surface area contributed by atoms with Gasteiger partial charge in [0.25, 0.3) is 5.91 Å². The second-order valence-electron chi connectivity index (χ2n) is 4.89. The van der Waals surface area contributed by atoms with Crippen LogP contribution in [-0.4, -0.2) is 18.2 Å². The van der Waals surface area contributed by atoms with Gasteiger partial charge in [-0.15, -0.1) is 0 Å². The second kappa shape index (κ2) is 5.87. The summed E-state index contributed by atoms with van der Waals surface area (Å²) in [5.74, 6) is 0.916. The molecule has 0 bridgehead atoms. The van der Waals surface area contributed by atoms with Gasteiger partial charge >= 0.3 is 0 Å². The van der Waals surface area contributed by atoms with E-state index in [1.54, 1.807) is 18.2 Å². The number of nitrogens with two attached hydrogens (primary N) is 1. The predicted octanol–water partition coefficient (Wildman–Crippen LogP) is 2.37. The number of benzene rings is 1. The van der Waals surface area contributed by atoms with Crippen LogP contribution < -0.4 is 15.8 Å². The molecule has 0 aliphatic carbocycles. The highest BCUT2D eigenvalue weighted by molar-refractivity contribution is 5.98. The van der Waals surface area contributed by atoms with E-state index < -0.39 is 0 Å². The Bertz CT molecular complexity index is 645. The molecule has 21 heavy (non-hydrogen) atoms. The normalized spacial score (nSPS) is 12.0. The van der Waals surface area contributed by atoms with E-state index >= 15 is 0 Å². The van der Waals surface area contributed by atoms with Gasteiger partial charge in [-0.3, -0.25) is 4.79 Å². The molecule has 6 nitrogen and oxygen atoms in total. The third-order valence-electron chi connectivity index (χ3n) is 3.34. The summed E-state index contributed by atoms with van der Waals surface area (Å²) in [6.45, 7) is 5.54. The maximum atomic E-state index is 12.4. The number of rotatable bonds is 4. The zero-order valence-electron chi connectivity index (χ0n) is 12.6. The van der Waals surface area contributed by atoms with E-state index in [0.717, 1.165) is 11.3 Å². The van der Waals surface area contributed by atoms with Crippen molar-refractivity contribution in [3.05, 3.63) is 40.8 Å². The van der Waals surface area contributed by atoms with E-state index in [9.17, 15) is 4.79 Å². The first-order valence-electron chi connectivity index (χ1n) is 6.61. The van der Waals surface area contributed by atoms with Crippen LogP contribution in [-0.2, 0) is 0 Å². The predicted molar refractivity (Wildman–Crippen MR) is 79.3 cm³/mol. The van der Waals surface area contributed by atoms with Crippen LogP contribution in [0, 0.1) is 13.8 Å². The first-order valence-corrected chi connectivity index (χ1v) is 6.61. The number of nitrogens with one attached hydrogen (secondary N) is 1. The number of carbonyl (C=O) groups is 1. The van der Waals surface area contributed by atoms with Crippen molar-refractivity contribution in [2.45, 2.75) is 26.8 Å². The van der Waals surface area contributed by atoms with E-state index in [1.807, 2.05) is 20.8 Å². The average Bonchev–Trinajstić information content (AvgIpc) is 2.78. The molecule has 0 saturated heterocycles. The molecule has 1 atom stereocenters. The molecule has 0 aliphatic rings. The summed E-state index contributed by atoms with van der Waals surface area (Å²) in [4.78, 5) is 12.4. The number of carbonyl (C=O) groups excluding carboxylic acids is 1. The first-order chi connectivity index (χ1) is 9.93. The average molecular weight is 289 g/mol. The van der Waals surface area contributed by atoms with Crippen LogP contribution in [0.2, 0.25) is 0 Å². The summed E-state index contributed by atoms with van der Waals surface area (Å²) in [5, 5.41) is 6.80. The number of hydrogen-bond acceptors (Lipinski definition) is 5. The Morgan fingerprint density at radius 3 is 2.71 bits per heavy atom.